The third kappa shape index (κ3) is 3.78. The summed E-state index contributed by atoms with van der Waals surface area (Å²) < 4.78 is 14.1. The third-order valence-electron chi connectivity index (χ3n) is 5.62. The second kappa shape index (κ2) is 7.72. The minimum atomic E-state index is -0.683. The number of hydrogen-bond donors (Lipinski definition) is 2. The lowest BCUT2D eigenvalue weighted by atomic mass is 9.74. The lowest BCUT2D eigenvalue weighted by Crippen LogP contribution is -2.66. The topological polar surface area (TPSA) is 61.4 Å². The Morgan fingerprint density at radius 2 is 1.82 bits per heavy atom. The van der Waals surface area contributed by atoms with E-state index >= 15 is 0 Å². The van der Waals surface area contributed by atoms with E-state index in [1.165, 1.54) is 6.07 Å². The highest BCUT2D eigenvalue weighted by Gasteiger charge is 2.48. The van der Waals surface area contributed by atoms with E-state index in [2.05, 4.69) is 10.6 Å². The predicted octanol–water partition coefficient (Wildman–Crippen LogP) is 1.53. The van der Waals surface area contributed by atoms with Crippen molar-refractivity contribution < 1.29 is 14.0 Å². The van der Waals surface area contributed by atoms with Gasteiger partial charge in [-0.25, -0.2) is 4.39 Å². The van der Waals surface area contributed by atoms with E-state index in [-0.39, 0.29) is 30.2 Å². The van der Waals surface area contributed by atoms with Gasteiger partial charge in [-0.3, -0.25) is 9.59 Å². The summed E-state index contributed by atoms with van der Waals surface area (Å²) in [6.45, 7) is 1.53. The monoisotopic (exact) mass is 381 g/mol. The van der Waals surface area contributed by atoms with Crippen molar-refractivity contribution in [2.75, 3.05) is 26.2 Å². The molecule has 2 N–H and O–H groups in total. The van der Waals surface area contributed by atoms with Crippen LogP contribution in [0.5, 0.6) is 0 Å². The summed E-state index contributed by atoms with van der Waals surface area (Å²) in [5, 5.41) is 6.14. The fourth-order valence-electron chi connectivity index (χ4n) is 4.11. The second-order valence-corrected chi connectivity index (χ2v) is 7.79. The lowest BCUT2D eigenvalue weighted by molar-refractivity contribution is -0.150. The summed E-state index contributed by atoms with van der Waals surface area (Å²) in [4.78, 5) is 27.2. The first-order chi connectivity index (χ1) is 13.6. The molecule has 6 heteroatoms. The average molecular weight is 381 g/mol. The Labute approximate surface area is 163 Å². The molecule has 5 nitrogen and oxygen atoms in total. The molecule has 2 aliphatic rings. The number of nitrogens with one attached hydrogen (secondary N) is 2. The molecule has 0 radical (unpaired) electrons. The zero-order valence-corrected chi connectivity index (χ0v) is 15.7. The van der Waals surface area contributed by atoms with Crippen molar-refractivity contribution in [3.05, 3.63) is 71.5 Å². The number of carbonyl (C=O) groups excluding carboxylic acids is 2. The molecule has 1 atom stereocenters. The van der Waals surface area contributed by atoms with Crippen LogP contribution >= 0.6 is 0 Å². The molecule has 28 heavy (non-hydrogen) atoms. The van der Waals surface area contributed by atoms with E-state index in [1.54, 1.807) is 23.1 Å². The molecule has 2 aromatic rings. The molecule has 0 aromatic heterocycles. The highest BCUT2D eigenvalue weighted by atomic mass is 19.1. The molecule has 0 bridgehead atoms. The number of rotatable bonds is 5. The van der Waals surface area contributed by atoms with Crippen LogP contribution in [0.2, 0.25) is 0 Å². The van der Waals surface area contributed by atoms with Crippen molar-refractivity contribution >= 4 is 11.8 Å². The van der Waals surface area contributed by atoms with Crippen LogP contribution in [0.4, 0.5) is 4.39 Å². The van der Waals surface area contributed by atoms with Gasteiger partial charge < -0.3 is 15.5 Å². The Morgan fingerprint density at radius 1 is 1.11 bits per heavy atom. The Hall–Kier alpha value is -2.73. The number of piperazine rings is 1. The molecule has 2 aliphatic heterocycles. The smallest absolute Gasteiger partial charge is 0.239 e. The molecular weight excluding hydrogens is 357 g/mol. The highest BCUT2D eigenvalue weighted by molar-refractivity contribution is 5.90. The quantitative estimate of drug-likeness (QED) is 0.826. The minimum absolute atomic E-state index is 0.0587. The normalized spacial score (nSPS) is 21.0. The lowest BCUT2D eigenvalue weighted by Gasteiger charge is -2.46. The first-order valence-corrected chi connectivity index (χ1v) is 9.62. The average Bonchev–Trinajstić information content (AvgIpc) is 2.66. The number of carbonyl (C=O) groups is 2. The van der Waals surface area contributed by atoms with E-state index in [0.29, 0.717) is 38.0 Å². The van der Waals surface area contributed by atoms with Crippen LogP contribution in [0.3, 0.4) is 0 Å². The van der Waals surface area contributed by atoms with E-state index in [0.717, 1.165) is 5.56 Å². The second-order valence-electron chi connectivity index (χ2n) is 7.79. The fraction of sp³-hybridized carbons (Fsp3) is 0.364. The van der Waals surface area contributed by atoms with Gasteiger partial charge in [0, 0.05) is 19.6 Å². The van der Waals surface area contributed by atoms with Gasteiger partial charge in [-0.15, -0.1) is 0 Å². The van der Waals surface area contributed by atoms with Gasteiger partial charge >= 0.3 is 0 Å². The SMILES string of the molecule is O=C1CN(C(=O)C2(Cc3ccccc3F)CNC2)C[C@H](Cc2ccccc2)N1. The van der Waals surface area contributed by atoms with Crippen LogP contribution in [-0.4, -0.2) is 48.9 Å². The van der Waals surface area contributed by atoms with Gasteiger partial charge in [0.15, 0.2) is 0 Å². The zero-order chi connectivity index (χ0) is 19.6. The van der Waals surface area contributed by atoms with Gasteiger partial charge in [0.25, 0.3) is 0 Å². The Morgan fingerprint density at radius 3 is 2.50 bits per heavy atom. The Balaban J connectivity index is 1.49. The number of halogens is 1. The van der Waals surface area contributed by atoms with Gasteiger partial charge in [0.1, 0.15) is 5.82 Å². The van der Waals surface area contributed by atoms with Gasteiger partial charge in [-0.1, -0.05) is 48.5 Å². The number of hydrogen-bond acceptors (Lipinski definition) is 3. The number of benzene rings is 2. The maximum atomic E-state index is 14.1. The first kappa shape index (κ1) is 18.6. The molecule has 2 saturated heterocycles. The summed E-state index contributed by atoms with van der Waals surface area (Å²) in [7, 11) is 0. The van der Waals surface area contributed by atoms with E-state index in [1.807, 2.05) is 30.3 Å². The van der Waals surface area contributed by atoms with Gasteiger partial charge in [0.2, 0.25) is 11.8 Å². The standard InChI is InChI=1S/C22H24FN3O2/c23-19-9-5-4-8-17(19)11-22(14-24-15-22)21(28)26-12-18(25-20(27)13-26)10-16-6-2-1-3-7-16/h1-9,18,24H,10-15H2,(H,25,27)/t18-/m0/s1. The maximum absolute atomic E-state index is 14.1. The summed E-state index contributed by atoms with van der Waals surface area (Å²) in [6.07, 6.45) is 1.02. The first-order valence-electron chi connectivity index (χ1n) is 9.62. The molecule has 0 unspecified atom stereocenters. The molecule has 2 fully saturated rings. The largest absolute Gasteiger partial charge is 0.350 e. The van der Waals surface area contributed by atoms with Gasteiger partial charge in [-0.2, -0.15) is 0 Å². The van der Waals surface area contributed by atoms with Crippen LogP contribution in [-0.2, 0) is 22.4 Å². The molecule has 4 rings (SSSR count). The van der Waals surface area contributed by atoms with E-state index in [9.17, 15) is 14.0 Å². The molecule has 146 valence electrons. The summed E-state index contributed by atoms with van der Waals surface area (Å²) in [5.74, 6) is -0.504. The molecule has 2 amide bonds. The summed E-state index contributed by atoms with van der Waals surface area (Å²) in [5.41, 5.74) is 0.977. The summed E-state index contributed by atoms with van der Waals surface area (Å²) >= 11 is 0. The molecule has 2 aromatic carbocycles. The van der Waals surface area contributed by atoms with Crippen molar-refractivity contribution in [2.45, 2.75) is 18.9 Å². The predicted molar refractivity (Wildman–Crippen MR) is 104 cm³/mol. The van der Waals surface area contributed by atoms with Crippen LogP contribution in [0, 0.1) is 11.2 Å². The van der Waals surface area contributed by atoms with Crippen LogP contribution in [0.1, 0.15) is 11.1 Å². The van der Waals surface area contributed by atoms with Crippen molar-refractivity contribution in [3.63, 3.8) is 0 Å². The van der Waals surface area contributed by atoms with Crippen LogP contribution in [0.25, 0.3) is 0 Å². The van der Waals surface area contributed by atoms with Gasteiger partial charge in [-0.05, 0) is 30.0 Å². The molecular formula is C22H24FN3O2. The fourth-order valence-corrected chi connectivity index (χ4v) is 4.11. The van der Waals surface area contributed by atoms with Crippen molar-refractivity contribution in [1.82, 2.24) is 15.5 Å². The van der Waals surface area contributed by atoms with Crippen LogP contribution < -0.4 is 10.6 Å². The van der Waals surface area contributed by atoms with E-state index < -0.39 is 5.41 Å². The van der Waals surface area contributed by atoms with Crippen molar-refractivity contribution in [3.8, 4) is 0 Å². The maximum Gasteiger partial charge on any atom is 0.239 e. The highest BCUT2D eigenvalue weighted by Crippen LogP contribution is 2.31. The molecule has 0 spiro atoms. The Bertz CT molecular complexity index is 867. The van der Waals surface area contributed by atoms with Crippen molar-refractivity contribution in [1.29, 1.82) is 0 Å². The van der Waals surface area contributed by atoms with Gasteiger partial charge in [0.05, 0.1) is 18.0 Å². The molecule has 2 heterocycles. The van der Waals surface area contributed by atoms with Crippen LogP contribution in [0.15, 0.2) is 54.6 Å². The van der Waals surface area contributed by atoms with E-state index in [4.69, 9.17) is 0 Å². The molecule has 0 aliphatic carbocycles. The van der Waals surface area contributed by atoms with Crippen molar-refractivity contribution in [2.24, 2.45) is 5.41 Å². The summed E-state index contributed by atoms with van der Waals surface area (Å²) in [6, 6.07) is 16.4. The Kier molecular flexibility index (Phi) is 5.13. The zero-order valence-electron chi connectivity index (χ0n) is 15.7. The minimum Gasteiger partial charge on any atom is -0.350 e. The number of nitrogens with zero attached hydrogens (tertiary/aromatic N) is 1. The molecule has 0 saturated carbocycles. The third-order valence-corrected chi connectivity index (χ3v) is 5.62. The number of amides is 2.